The number of carbonyl (C=O) groups excluding carboxylic acids is 3. The third kappa shape index (κ3) is 6.46. The van der Waals surface area contributed by atoms with E-state index in [1.807, 2.05) is 0 Å². The van der Waals surface area contributed by atoms with Crippen LogP contribution in [0.2, 0.25) is 0 Å². The average Bonchev–Trinajstić information content (AvgIpc) is 2.39. The number of alkyl halides is 1. The fraction of sp³-hybridized carbons (Fsp3) is 0.812. The summed E-state index contributed by atoms with van der Waals surface area (Å²) >= 11 is 3.40. The largest absolute Gasteiger partial charge is 0.422 e. The van der Waals surface area contributed by atoms with Crippen LogP contribution >= 0.6 is 15.9 Å². The molecule has 0 bridgehead atoms. The number of cyclic esters (lactones) is 2. The highest BCUT2D eigenvalue weighted by Gasteiger charge is 2.46. The van der Waals surface area contributed by atoms with E-state index < -0.39 is 29.4 Å². The van der Waals surface area contributed by atoms with Gasteiger partial charge in [0.05, 0.1) is 0 Å². The molecule has 6 heteroatoms. The van der Waals surface area contributed by atoms with Crippen LogP contribution in [0, 0.1) is 5.92 Å². The highest BCUT2D eigenvalue weighted by Crippen LogP contribution is 2.24. The Bertz CT molecular complexity index is 385. The highest BCUT2D eigenvalue weighted by atomic mass is 79.9. The number of ketones is 1. The first-order valence-corrected chi connectivity index (χ1v) is 9.04. The van der Waals surface area contributed by atoms with Crippen LogP contribution in [-0.4, -0.2) is 28.8 Å². The molecule has 0 aromatic rings. The van der Waals surface area contributed by atoms with Gasteiger partial charge in [-0.05, 0) is 12.8 Å². The summed E-state index contributed by atoms with van der Waals surface area (Å²) in [5.41, 5.74) is 0. The van der Waals surface area contributed by atoms with Gasteiger partial charge in [-0.2, -0.15) is 0 Å². The van der Waals surface area contributed by atoms with E-state index in [2.05, 4.69) is 15.9 Å². The summed E-state index contributed by atoms with van der Waals surface area (Å²) in [7, 11) is 0. The van der Waals surface area contributed by atoms with Crippen molar-refractivity contribution in [3.63, 3.8) is 0 Å². The predicted molar refractivity (Wildman–Crippen MR) is 85.5 cm³/mol. The molecular weight excluding hydrogens is 352 g/mol. The van der Waals surface area contributed by atoms with Crippen LogP contribution in [0.4, 0.5) is 0 Å². The first-order valence-electron chi connectivity index (χ1n) is 7.92. The summed E-state index contributed by atoms with van der Waals surface area (Å²) in [5.74, 6) is -4.65. The molecule has 0 unspecified atom stereocenters. The molecular formula is C16H25BrO5. The van der Waals surface area contributed by atoms with Crippen molar-refractivity contribution in [3.05, 3.63) is 0 Å². The van der Waals surface area contributed by atoms with Crippen molar-refractivity contribution >= 4 is 33.7 Å². The number of carbonyl (C=O) groups is 3. The van der Waals surface area contributed by atoms with E-state index in [0.29, 0.717) is 6.42 Å². The Morgan fingerprint density at radius 3 is 1.91 bits per heavy atom. The van der Waals surface area contributed by atoms with E-state index in [9.17, 15) is 14.4 Å². The normalized spacial score (nSPS) is 18.0. The van der Waals surface area contributed by atoms with Crippen molar-refractivity contribution in [3.8, 4) is 0 Å². The number of ether oxygens (including phenoxy) is 2. The lowest BCUT2D eigenvalue weighted by molar-refractivity contribution is -0.238. The Kier molecular flexibility index (Phi) is 8.07. The Balaban J connectivity index is 2.22. The summed E-state index contributed by atoms with van der Waals surface area (Å²) in [4.78, 5) is 35.5. The van der Waals surface area contributed by atoms with Gasteiger partial charge in [0, 0.05) is 25.6 Å². The molecule has 0 saturated carbocycles. The topological polar surface area (TPSA) is 69.7 Å². The molecule has 0 aromatic heterocycles. The van der Waals surface area contributed by atoms with Gasteiger partial charge in [-0.1, -0.05) is 48.0 Å². The van der Waals surface area contributed by atoms with Crippen molar-refractivity contribution < 1.29 is 23.9 Å². The van der Waals surface area contributed by atoms with E-state index in [1.165, 1.54) is 33.1 Å². The molecule has 1 heterocycles. The quantitative estimate of drug-likeness (QED) is 0.252. The molecule has 1 aliphatic heterocycles. The first-order chi connectivity index (χ1) is 10.4. The molecule has 5 nitrogen and oxygen atoms in total. The molecule has 0 atom stereocenters. The second kappa shape index (κ2) is 9.28. The molecule has 1 rings (SSSR count). The average molecular weight is 377 g/mol. The maximum atomic E-state index is 12.0. The van der Waals surface area contributed by atoms with Gasteiger partial charge in [-0.15, -0.1) is 0 Å². The molecule has 0 aliphatic carbocycles. The van der Waals surface area contributed by atoms with Gasteiger partial charge in [0.2, 0.25) is 5.92 Å². The van der Waals surface area contributed by atoms with Gasteiger partial charge in [0.15, 0.2) is 5.78 Å². The number of hydrogen-bond donors (Lipinski definition) is 0. The number of rotatable bonds is 10. The van der Waals surface area contributed by atoms with E-state index in [4.69, 9.17) is 9.47 Å². The highest BCUT2D eigenvalue weighted by molar-refractivity contribution is 9.09. The Morgan fingerprint density at radius 1 is 0.955 bits per heavy atom. The minimum Gasteiger partial charge on any atom is -0.422 e. The van der Waals surface area contributed by atoms with E-state index in [-0.39, 0.29) is 6.42 Å². The molecule has 0 spiro atoms. The molecule has 1 aliphatic rings. The summed E-state index contributed by atoms with van der Waals surface area (Å²) < 4.78 is 9.91. The summed E-state index contributed by atoms with van der Waals surface area (Å²) in [6, 6.07) is 0. The first kappa shape index (κ1) is 19.1. The molecule has 0 amide bonds. The number of unbranched alkanes of at least 4 members (excludes halogenated alkanes) is 6. The van der Waals surface area contributed by atoms with Crippen LogP contribution in [0.25, 0.3) is 0 Å². The lowest BCUT2D eigenvalue weighted by Crippen LogP contribution is -2.49. The van der Waals surface area contributed by atoms with Crippen molar-refractivity contribution in [1.29, 1.82) is 0 Å². The van der Waals surface area contributed by atoms with Crippen molar-refractivity contribution in [2.45, 2.75) is 71.0 Å². The molecule has 126 valence electrons. The lowest BCUT2D eigenvalue weighted by atomic mass is 9.97. The van der Waals surface area contributed by atoms with Crippen LogP contribution < -0.4 is 0 Å². The number of hydrogen-bond acceptors (Lipinski definition) is 5. The molecule has 22 heavy (non-hydrogen) atoms. The fourth-order valence-corrected chi connectivity index (χ4v) is 2.80. The van der Waals surface area contributed by atoms with Gasteiger partial charge in [-0.25, -0.2) is 0 Å². The van der Waals surface area contributed by atoms with Crippen molar-refractivity contribution in [2.24, 2.45) is 5.92 Å². The van der Waals surface area contributed by atoms with Gasteiger partial charge < -0.3 is 9.47 Å². The zero-order chi connectivity index (χ0) is 16.6. The van der Waals surface area contributed by atoms with E-state index in [0.717, 1.165) is 24.6 Å². The zero-order valence-electron chi connectivity index (χ0n) is 13.4. The minimum atomic E-state index is -1.40. The summed E-state index contributed by atoms with van der Waals surface area (Å²) in [5, 5.41) is 1.05. The van der Waals surface area contributed by atoms with E-state index in [1.54, 1.807) is 0 Å². The minimum absolute atomic E-state index is 0.219. The molecule has 0 N–H and O–H groups in total. The van der Waals surface area contributed by atoms with Crippen LogP contribution in [0.5, 0.6) is 0 Å². The molecule has 1 fully saturated rings. The predicted octanol–water partition coefficient (Wildman–Crippen LogP) is 3.52. The third-order valence-electron chi connectivity index (χ3n) is 3.54. The molecule has 0 aromatic carbocycles. The summed E-state index contributed by atoms with van der Waals surface area (Å²) in [6.45, 7) is 2.94. The smallest absolute Gasteiger partial charge is 0.331 e. The van der Waals surface area contributed by atoms with E-state index >= 15 is 0 Å². The monoisotopic (exact) mass is 376 g/mol. The standard InChI is InChI=1S/C16H25BrO5/c1-16(2)21-14(19)13(15(20)22-16)12(18)10-8-6-4-3-5-7-9-11-17/h13H,3-11H2,1-2H3. The van der Waals surface area contributed by atoms with Crippen LogP contribution in [-0.2, 0) is 23.9 Å². The van der Waals surface area contributed by atoms with Gasteiger partial charge in [0.1, 0.15) is 0 Å². The zero-order valence-corrected chi connectivity index (χ0v) is 14.9. The Morgan fingerprint density at radius 2 is 1.41 bits per heavy atom. The van der Waals surface area contributed by atoms with Crippen LogP contribution in [0.3, 0.4) is 0 Å². The van der Waals surface area contributed by atoms with Gasteiger partial charge >= 0.3 is 11.9 Å². The molecule has 1 saturated heterocycles. The number of Topliss-reactive ketones (excluding diaryl/α,β-unsaturated/α-hetero) is 1. The number of halogens is 1. The lowest BCUT2D eigenvalue weighted by Gasteiger charge is -2.32. The second-order valence-electron chi connectivity index (χ2n) is 6.06. The SMILES string of the molecule is CC1(C)OC(=O)C(C(=O)CCCCCCCCCBr)C(=O)O1. The summed E-state index contributed by atoms with van der Waals surface area (Å²) in [6.07, 6.45) is 7.69. The van der Waals surface area contributed by atoms with Crippen LogP contribution in [0.1, 0.15) is 65.2 Å². The number of esters is 2. The Labute approximate surface area is 140 Å². The van der Waals surface area contributed by atoms with Crippen molar-refractivity contribution in [1.82, 2.24) is 0 Å². The van der Waals surface area contributed by atoms with Crippen LogP contribution in [0.15, 0.2) is 0 Å². The Hall–Kier alpha value is -0.910. The van der Waals surface area contributed by atoms with Crippen molar-refractivity contribution in [2.75, 3.05) is 5.33 Å². The third-order valence-corrected chi connectivity index (χ3v) is 4.10. The second-order valence-corrected chi connectivity index (χ2v) is 6.85. The maximum absolute atomic E-state index is 12.0. The molecule has 0 radical (unpaired) electrons. The fourth-order valence-electron chi connectivity index (χ4n) is 2.40. The van der Waals surface area contributed by atoms with Gasteiger partial charge in [0.25, 0.3) is 5.79 Å². The maximum Gasteiger partial charge on any atom is 0.331 e. The van der Waals surface area contributed by atoms with Gasteiger partial charge in [-0.3, -0.25) is 14.4 Å².